The molecule has 0 aromatic carbocycles. The van der Waals surface area contributed by atoms with E-state index < -0.39 is 45.3 Å². The van der Waals surface area contributed by atoms with Crippen LogP contribution in [-0.2, 0) is 14.3 Å². The zero-order valence-corrected chi connectivity index (χ0v) is 13.7. The summed E-state index contributed by atoms with van der Waals surface area (Å²) < 4.78 is 140. The molecule has 0 saturated heterocycles. The Morgan fingerprint density at radius 3 is 0.800 bits per heavy atom. The maximum absolute atomic E-state index is 12.4. The molecule has 0 aliphatic rings. The molecule has 0 aromatic rings. The lowest BCUT2D eigenvalue weighted by atomic mass is 10.1. The highest BCUT2D eigenvalue weighted by molar-refractivity contribution is 9.10. The van der Waals surface area contributed by atoms with Gasteiger partial charge in [0, 0.05) is 0 Å². The first-order valence-electron chi connectivity index (χ1n) is 4.96. The van der Waals surface area contributed by atoms with Gasteiger partial charge in [-0.2, -0.15) is 52.7 Å². The van der Waals surface area contributed by atoms with Gasteiger partial charge in [0.25, 0.3) is 0 Å². The molecule has 0 amide bonds. The van der Waals surface area contributed by atoms with Gasteiger partial charge in [-0.15, -0.1) is 0 Å². The maximum Gasteiger partial charge on any atom is 0.423 e. The summed E-state index contributed by atoms with van der Waals surface area (Å²) in [5.74, 6) is -7.59. The van der Waals surface area contributed by atoms with E-state index in [1.165, 1.54) is 0 Å². The van der Waals surface area contributed by atoms with E-state index in [-0.39, 0.29) is 0 Å². The van der Waals surface area contributed by atoms with Crippen molar-refractivity contribution >= 4 is 43.8 Å². The van der Waals surface area contributed by atoms with Crippen LogP contribution in [0.25, 0.3) is 0 Å². The van der Waals surface area contributed by atoms with Crippen molar-refractivity contribution in [3.63, 3.8) is 0 Å². The minimum atomic E-state index is -6.63. The molecule has 0 N–H and O–H groups in total. The van der Waals surface area contributed by atoms with Crippen molar-refractivity contribution in [2.45, 2.75) is 33.4 Å². The van der Waals surface area contributed by atoms with Crippen LogP contribution in [-0.4, -0.2) is 45.3 Å². The number of alkyl halides is 14. The third-order valence-electron chi connectivity index (χ3n) is 2.31. The highest BCUT2D eigenvalue weighted by Gasteiger charge is 2.79. The van der Waals surface area contributed by atoms with Crippen molar-refractivity contribution in [3.8, 4) is 0 Å². The molecule has 0 atom stereocenters. The van der Waals surface area contributed by atoms with Gasteiger partial charge < -0.3 is 4.74 Å². The van der Waals surface area contributed by atoms with Crippen molar-refractivity contribution in [2.75, 3.05) is 0 Å². The molecular weight excluding hydrogens is 532 g/mol. The van der Waals surface area contributed by atoms with Crippen molar-refractivity contribution in [1.29, 1.82) is 0 Å². The molecule has 0 fully saturated rings. The zero-order chi connectivity index (χ0) is 20.9. The Bertz CT molecular complexity index is 467. The van der Waals surface area contributed by atoms with Gasteiger partial charge in [-0.1, -0.05) is 31.9 Å². The largest absolute Gasteiger partial charge is 0.423 e. The Morgan fingerprint density at radius 1 is 0.520 bits per heavy atom. The molecule has 0 unspecified atom stereocenters. The normalized spacial score (nSPS) is 15.1. The summed E-state index contributed by atoms with van der Waals surface area (Å²) >= 11 is 1.67. The van der Waals surface area contributed by atoms with E-state index in [1.54, 1.807) is 0 Å². The predicted octanol–water partition coefficient (Wildman–Crippen LogP) is 4.57. The molecule has 0 heterocycles. The van der Waals surface area contributed by atoms with E-state index in [2.05, 4.69) is 4.74 Å². The lowest BCUT2D eigenvalue weighted by Crippen LogP contribution is -2.62. The first-order chi connectivity index (χ1) is 10.5. The smallest absolute Gasteiger partial charge is 0.390 e. The van der Waals surface area contributed by atoms with E-state index in [0.717, 1.165) is 31.9 Å². The summed E-state index contributed by atoms with van der Waals surface area (Å²) in [5, 5.41) is 0. The lowest BCUT2D eigenvalue weighted by molar-refractivity contribution is -0.269. The molecule has 3 nitrogen and oxygen atoms in total. The molecule has 0 aromatic heterocycles. The second kappa shape index (κ2) is 6.45. The molecule has 0 aliphatic heterocycles. The number of carbonyl (C=O) groups excluding carboxylic acids is 2. The number of rotatable bonds is 2. The highest BCUT2D eigenvalue weighted by atomic mass is 79.9. The Kier molecular flexibility index (Phi) is 6.26. The summed E-state index contributed by atoms with van der Waals surface area (Å²) in [7, 11) is 0. The third kappa shape index (κ3) is 4.00. The number of ether oxygens (including phenoxy) is 1. The van der Waals surface area contributed by atoms with Crippen LogP contribution in [0, 0.1) is 0 Å². The van der Waals surface area contributed by atoms with Crippen LogP contribution < -0.4 is 0 Å². The van der Waals surface area contributed by atoms with Crippen LogP contribution >= 0.6 is 31.9 Å². The van der Waals surface area contributed by atoms with Crippen LogP contribution in [0.3, 0.4) is 0 Å². The van der Waals surface area contributed by atoms with Gasteiger partial charge >= 0.3 is 45.3 Å². The van der Waals surface area contributed by atoms with Crippen molar-refractivity contribution < 1.29 is 67.0 Å². The molecule has 0 radical (unpaired) electrons. The number of carbonyl (C=O) groups is 2. The van der Waals surface area contributed by atoms with Gasteiger partial charge in [-0.05, 0) is 0 Å². The van der Waals surface area contributed by atoms with E-state index in [1.807, 2.05) is 0 Å². The SMILES string of the molecule is O=C(OC(=O)C(Br)(C(F)(F)F)C(F)(F)F)C(Br)(C(F)(F)F)C(F)(F)F. The number of hydrogen-bond acceptors (Lipinski definition) is 3. The highest BCUT2D eigenvalue weighted by Crippen LogP contribution is 2.53. The molecule has 0 aliphatic carbocycles. The summed E-state index contributed by atoms with van der Waals surface area (Å²) in [6.07, 6.45) is -26.5. The molecule has 0 rings (SSSR count). The first-order valence-corrected chi connectivity index (χ1v) is 6.55. The molecule has 148 valence electrons. The molecular formula is C8Br2F12O3. The topological polar surface area (TPSA) is 43.4 Å². The lowest BCUT2D eigenvalue weighted by Gasteiger charge is -2.32. The van der Waals surface area contributed by atoms with Gasteiger partial charge in [-0.3, -0.25) is 0 Å². The fraction of sp³-hybridized carbons (Fsp3) is 0.750. The Labute approximate surface area is 144 Å². The number of esters is 2. The fourth-order valence-electron chi connectivity index (χ4n) is 1.01. The second-order valence-electron chi connectivity index (χ2n) is 3.98. The average Bonchev–Trinajstić information content (AvgIpc) is 2.30. The Balaban J connectivity index is 6.08. The van der Waals surface area contributed by atoms with Crippen molar-refractivity contribution in [2.24, 2.45) is 0 Å². The number of halogens is 14. The number of hydrogen-bond donors (Lipinski definition) is 0. The minimum absolute atomic E-state index is 0.833. The fourth-order valence-corrected chi connectivity index (χ4v) is 1.17. The van der Waals surface area contributed by atoms with E-state index in [9.17, 15) is 62.3 Å². The molecule has 25 heavy (non-hydrogen) atoms. The standard InChI is InChI=1S/C8Br2F12O3/c9-3(5(11,12)13,6(14,15)16)1(23)25-2(24)4(10,7(17,18)19)8(20,21)22. The monoisotopic (exact) mass is 530 g/mol. The van der Waals surface area contributed by atoms with Crippen LogP contribution in [0.15, 0.2) is 0 Å². The van der Waals surface area contributed by atoms with Gasteiger partial charge in [0.2, 0.25) is 0 Å². The first kappa shape index (κ1) is 24.3. The third-order valence-corrected chi connectivity index (χ3v) is 4.76. The Hall–Kier alpha value is -0.740. The van der Waals surface area contributed by atoms with E-state index >= 15 is 0 Å². The molecule has 0 saturated carbocycles. The molecule has 0 spiro atoms. The summed E-state index contributed by atoms with van der Waals surface area (Å²) in [4.78, 5) is 22.0. The molecule has 0 bridgehead atoms. The second-order valence-corrected chi connectivity index (χ2v) is 6.36. The van der Waals surface area contributed by atoms with Gasteiger partial charge in [-0.25, -0.2) is 9.59 Å². The Morgan fingerprint density at radius 2 is 0.680 bits per heavy atom. The van der Waals surface area contributed by atoms with Gasteiger partial charge in [0.15, 0.2) is 0 Å². The predicted molar refractivity (Wildman–Crippen MR) is 58.6 cm³/mol. The van der Waals surface area contributed by atoms with Gasteiger partial charge in [0.05, 0.1) is 0 Å². The summed E-state index contributed by atoms with van der Waals surface area (Å²) in [6, 6.07) is 0. The van der Waals surface area contributed by atoms with Crippen LogP contribution in [0.4, 0.5) is 52.7 Å². The maximum atomic E-state index is 12.4. The van der Waals surface area contributed by atoms with Crippen LogP contribution in [0.1, 0.15) is 0 Å². The average molecular weight is 532 g/mol. The van der Waals surface area contributed by atoms with E-state index in [0.29, 0.717) is 0 Å². The van der Waals surface area contributed by atoms with Crippen molar-refractivity contribution in [3.05, 3.63) is 0 Å². The quantitative estimate of drug-likeness (QED) is 0.227. The van der Waals surface area contributed by atoms with Gasteiger partial charge in [0.1, 0.15) is 0 Å². The zero-order valence-electron chi connectivity index (χ0n) is 10.5. The van der Waals surface area contributed by atoms with Crippen LogP contribution in [0.2, 0.25) is 0 Å². The van der Waals surface area contributed by atoms with E-state index in [4.69, 9.17) is 0 Å². The molecule has 17 heteroatoms. The van der Waals surface area contributed by atoms with Crippen LogP contribution in [0.5, 0.6) is 0 Å². The minimum Gasteiger partial charge on any atom is -0.390 e. The summed E-state index contributed by atoms with van der Waals surface area (Å²) in [5.41, 5.74) is 0. The van der Waals surface area contributed by atoms with Crippen molar-refractivity contribution in [1.82, 2.24) is 0 Å². The summed E-state index contributed by atoms with van der Waals surface area (Å²) in [6.45, 7) is 0.